The van der Waals surface area contributed by atoms with E-state index in [1.54, 1.807) is 17.0 Å². The summed E-state index contributed by atoms with van der Waals surface area (Å²) in [5, 5.41) is 19.9. The molecule has 3 aromatic rings. The van der Waals surface area contributed by atoms with Crippen LogP contribution in [0.3, 0.4) is 0 Å². The van der Waals surface area contributed by atoms with E-state index in [2.05, 4.69) is 24.9 Å². The van der Waals surface area contributed by atoms with Crippen LogP contribution in [0.2, 0.25) is 0 Å². The second-order valence-electron chi connectivity index (χ2n) is 6.34. The normalized spacial score (nSPS) is 24.9. The van der Waals surface area contributed by atoms with Gasteiger partial charge in [0.25, 0.3) is 0 Å². The molecule has 1 aliphatic heterocycles. The first-order chi connectivity index (χ1) is 13.7. The molecule has 1 aliphatic rings. The van der Waals surface area contributed by atoms with E-state index in [1.165, 1.54) is 12.7 Å². The molecular weight excluding hydrogens is 370 g/mol. The molecule has 4 heterocycles. The van der Waals surface area contributed by atoms with Gasteiger partial charge in [0.2, 0.25) is 0 Å². The molecule has 1 saturated heterocycles. The minimum absolute atomic E-state index is 0.229. The number of nitrogens with two attached hydrogens (primary N) is 1. The number of hydrogen-bond donors (Lipinski definition) is 4. The van der Waals surface area contributed by atoms with Crippen LogP contribution in [0, 0.1) is 0 Å². The van der Waals surface area contributed by atoms with Crippen molar-refractivity contribution in [1.82, 2.24) is 29.5 Å². The number of aromatic amines is 1. The lowest BCUT2D eigenvalue weighted by molar-refractivity contribution is -0.344. The lowest BCUT2D eigenvalue weighted by Crippen LogP contribution is -2.35. The van der Waals surface area contributed by atoms with Crippen LogP contribution >= 0.6 is 0 Å². The second-order valence-corrected chi connectivity index (χ2v) is 6.34. The second kappa shape index (κ2) is 8.16. The molecule has 150 valence electrons. The van der Waals surface area contributed by atoms with E-state index in [1.807, 2.05) is 0 Å². The first kappa shape index (κ1) is 18.7. The van der Waals surface area contributed by atoms with Crippen LogP contribution in [0.1, 0.15) is 18.5 Å². The van der Waals surface area contributed by atoms with Gasteiger partial charge in [-0.3, -0.25) is 4.57 Å². The molecule has 5 N–H and O–H groups in total. The lowest BCUT2D eigenvalue weighted by atomic mass is 10.1. The Morgan fingerprint density at radius 1 is 1.29 bits per heavy atom. The summed E-state index contributed by atoms with van der Waals surface area (Å²) in [4.78, 5) is 30.1. The van der Waals surface area contributed by atoms with Crippen LogP contribution in [0.5, 0.6) is 0 Å². The maximum Gasteiger partial charge on any atom is 0.169 e. The molecule has 0 saturated carbocycles. The van der Waals surface area contributed by atoms with Gasteiger partial charge in [0, 0.05) is 18.8 Å². The topological polar surface area (TPSA) is 166 Å². The van der Waals surface area contributed by atoms with E-state index in [4.69, 9.17) is 20.2 Å². The van der Waals surface area contributed by atoms with Gasteiger partial charge in [-0.15, -0.1) is 0 Å². The van der Waals surface area contributed by atoms with Crippen LogP contribution in [0.15, 0.2) is 25.0 Å². The van der Waals surface area contributed by atoms with Gasteiger partial charge in [-0.05, 0) is 6.42 Å². The van der Waals surface area contributed by atoms with E-state index in [0.717, 1.165) is 5.82 Å². The monoisotopic (exact) mass is 391 g/mol. The van der Waals surface area contributed by atoms with Crippen LogP contribution in [-0.2, 0) is 20.9 Å². The highest BCUT2D eigenvalue weighted by molar-refractivity contribution is 5.81. The van der Waals surface area contributed by atoms with Gasteiger partial charge in [0.15, 0.2) is 23.8 Å². The molecule has 0 amide bonds. The van der Waals surface area contributed by atoms with E-state index >= 15 is 0 Å². The molecule has 2 unspecified atom stereocenters. The van der Waals surface area contributed by atoms with Crippen molar-refractivity contribution in [2.24, 2.45) is 0 Å². The molecular formula is C16H21N7O5. The van der Waals surface area contributed by atoms with Gasteiger partial charge < -0.3 is 25.7 Å². The van der Waals surface area contributed by atoms with Crippen molar-refractivity contribution in [3.8, 4) is 0 Å². The van der Waals surface area contributed by atoms with Crippen molar-refractivity contribution in [1.29, 1.82) is 0 Å². The highest BCUT2D eigenvalue weighted by atomic mass is 17.2. The summed E-state index contributed by atoms with van der Waals surface area (Å²) in [6.07, 6.45) is 3.95. The molecule has 4 rings (SSSR count). The molecule has 1 fully saturated rings. The van der Waals surface area contributed by atoms with E-state index in [-0.39, 0.29) is 12.4 Å². The minimum atomic E-state index is -1.10. The summed E-state index contributed by atoms with van der Waals surface area (Å²) >= 11 is 0. The van der Waals surface area contributed by atoms with Crippen molar-refractivity contribution in [3.63, 3.8) is 0 Å². The number of rotatable bonds is 8. The molecule has 3 aromatic heterocycles. The fraction of sp³-hybridized carbons (Fsp3) is 0.500. The molecule has 0 aliphatic carbocycles. The van der Waals surface area contributed by atoms with Gasteiger partial charge in [-0.25, -0.2) is 29.7 Å². The Kier molecular flexibility index (Phi) is 5.45. The Morgan fingerprint density at radius 3 is 2.96 bits per heavy atom. The Labute approximate surface area is 159 Å². The number of aliphatic hydroxyl groups is 2. The van der Waals surface area contributed by atoms with E-state index in [9.17, 15) is 10.2 Å². The molecule has 0 bridgehead atoms. The number of aryl methyl sites for hydroxylation is 1. The van der Waals surface area contributed by atoms with Gasteiger partial charge in [0.1, 0.15) is 29.9 Å². The fourth-order valence-electron chi connectivity index (χ4n) is 3.11. The van der Waals surface area contributed by atoms with Crippen molar-refractivity contribution in [2.45, 2.75) is 37.4 Å². The van der Waals surface area contributed by atoms with Gasteiger partial charge in [-0.1, -0.05) is 0 Å². The van der Waals surface area contributed by atoms with Gasteiger partial charge >= 0.3 is 0 Å². The number of nitrogens with zero attached hydrogens (tertiary/aromatic N) is 5. The van der Waals surface area contributed by atoms with Crippen LogP contribution in [0.4, 0.5) is 5.82 Å². The highest BCUT2D eigenvalue weighted by Gasteiger charge is 2.47. The zero-order valence-corrected chi connectivity index (χ0v) is 14.9. The van der Waals surface area contributed by atoms with Gasteiger partial charge in [-0.2, -0.15) is 0 Å². The summed E-state index contributed by atoms with van der Waals surface area (Å²) < 4.78 is 7.32. The highest BCUT2D eigenvalue weighted by Crippen LogP contribution is 2.34. The number of aliphatic hydroxyl groups excluding tert-OH is 2. The summed E-state index contributed by atoms with van der Waals surface area (Å²) in [5.41, 5.74) is 6.65. The number of ether oxygens (including phenoxy) is 1. The molecule has 0 radical (unpaired) electrons. The Hall–Kier alpha value is -2.64. The van der Waals surface area contributed by atoms with E-state index in [0.29, 0.717) is 30.6 Å². The first-order valence-corrected chi connectivity index (χ1v) is 8.83. The standard InChI is InChI=1S/C16H21N7O5/c17-14-11-15(21-7-20-14)23(8-22-11)16-13(12(25)9(6-24)27-16)28-26-5-1-2-10-18-3-4-19-10/h3-4,7-9,12-13,16,24-25H,1-2,5-6H2,(H,18,19)(H2,17,20,21)/t9-,12?,13?,16-/m1/s1. The Balaban J connectivity index is 1.44. The maximum absolute atomic E-state index is 10.5. The number of hydrogen-bond acceptors (Lipinski definition) is 10. The van der Waals surface area contributed by atoms with Crippen molar-refractivity contribution < 1.29 is 24.7 Å². The number of imidazole rings is 2. The molecule has 0 aromatic carbocycles. The van der Waals surface area contributed by atoms with Gasteiger partial charge in [0.05, 0.1) is 19.5 Å². The first-order valence-electron chi connectivity index (χ1n) is 8.83. The molecule has 28 heavy (non-hydrogen) atoms. The molecule has 4 atom stereocenters. The zero-order valence-electron chi connectivity index (χ0n) is 14.9. The molecule has 12 nitrogen and oxygen atoms in total. The maximum atomic E-state index is 10.5. The summed E-state index contributed by atoms with van der Waals surface area (Å²) in [6, 6.07) is 0. The van der Waals surface area contributed by atoms with E-state index < -0.39 is 24.5 Å². The predicted octanol–water partition coefficient (Wildman–Crippen LogP) is -0.668. The lowest BCUT2D eigenvalue weighted by Gasteiger charge is -2.20. The third-order valence-corrected chi connectivity index (χ3v) is 4.53. The SMILES string of the molecule is Nc1ncnc2c1ncn2[C@@H]1O[C@H](CO)C(O)C1OOCCCc1ncc[nH]1. The quantitative estimate of drug-likeness (QED) is 0.220. The average molecular weight is 391 g/mol. The number of H-pyrrole nitrogens is 1. The summed E-state index contributed by atoms with van der Waals surface area (Å²) in [5.74, 6) is 1.08. The number of aromatic nitrogens is 6. The van der Waals surface area contributed by atoms with Crippen LogP contribution < -0.4 is 5.73 Å². The Morgan fingerprint density at radius 2 is 2.18 bits per heavy atom. The summed E-state index contributed by atoms with van der Waals surface area (Å²) in [6.45, 7) is -0.0833. The number of anilines is 1. The zero-order chi connectivity index (χ0) is 19.5. The van der Waals surface area contributed by atoms with Crippen LogP contribution in [0.25, 0.3) is 11.2 Å². The average Bonchev–Trinajstić information content (AvgIpc) is 3.42. The number of fused-ring (bicyclic) bond motifs is 1. The van der Waals surface area contributed by atoms with Crippen molar-refractivity contribution in [2.75, 3.05) is 18.9 Å². The summed E-state index contributed by atoms with van der Waals surface area (Å²) in [7, 11) is 0. The Bertz CT molecular complexity index is 902. The van der Waals surface area contributed by atoms with Crippen molar-refractivity contribution in [3.05, 3.63) is 30.9 Å². The van der Waals surface area contributed by atoms with Crippen LogP contribution in [-0.4, -0.2) is 71.2 Å². The minimum Gasteiger partial charge on any atom is -0.394 e. The molecule has 12 heteroatoms. The largest absolute Gasteiger partial charge is 0.394 e. The molecule has 0 spiro atoms. The smallest absolute Gasteiger partial charge is 0.169 e. The predicted molar refractivity (Wildman–Crippen MR) is 94.5 cm³/mol. The third kappa shape index (κ3) is 3.55. The number of nitrogen functional groups attached to an aromatic ring is 1. The fourth-order valence-corrected chi connectivity index (χ4v) is 3.11. The third-order valence-electron chi connectivity index (χ3n) is 4.53. The van der Waals surface area contributed by atoms with Crippen molar-refractivity contribution >= 4 is 17.0 Å². The number of nitrogens with one attached hydrogen (secondary N) is 1.